The molecule has 0 aliphatic heterocycles. The molecule has 0 aromatic carbocycles. The maximum Gasteiger partial charge on any atom is 0.0483 e. The molecule has 0 unspecified atom stereocenters. The van der Waals surface area contributed by atoms with Crippen molar-refractivity contribution in [2.45, 2.75) is 20.0 Å². The van der Waals surface area contributed by atoms with Crippen LogP contribution in [-0.2, 0) is 0 Å². The molecule has 0 atom stereocenters. The van der Waals surface area contributed by atoms with Gasteiger partial charge in [0.2, 0.25) is 0 Å². The Kier molecular flexibility index (Phi) is 12.4. The van der Waals surface area contributed by atoms with Gasteiger partial charge in [-0.3, -0.25) is 5.84 Å². The van der Waals surface area contributed by atoms with E-state index in [4.69, 9.17) is 10.0 Å². The molecule has 0 heterocycles. The van der Waals surface area contributed by atoms with Crippen LogP contribution in [0.3, 0.4) is 0 Å². The van der Waals surface area contributed by atoms with E-state index in [0.717, 1.165) is 0 Å². The zero-order chi connectivity index (χ0) is 6.28. The van der Waals surface area contributed by atoms with Crippen LogP contribution in [0.2, 0.25) is 0 Å². The highest BCUT2D eigenvalue weighted by atomic mass is 16.3. The SMILES string of the molecule is CC(C)O.NN=O. The summed E-state index contributed by atoms with van der Waals surface area (Å²) in [5, 5.41) is 9.81. The third-order valence-electron chi connectivity index (χ3n) is 0. The van der Waals surface area contributed by atoms with Crippen LogP contribution in [0.4, 0.5) is 0 Å². The summed E-state index contributed by atoms with van der Waals surface area (Å²) in [6.07, 6.45) is -0.167. The van der Waals surface area contributed by atoms with Crippen molar-refractivity contribution in [1.29, 1.82) is 0 Å². The van der Waals surface area contributed by atoms with Crippen molar-refractivity contribution < 1.29 is 5.11 Å². The van der Waals surface area contributed by atoms with Gasteiger partial charge >= 0.3 is 0 Å². The molecular formula is C3H10N2O2. The summed E-state index contributed by atoms with van der Waals surface area (Å²) in [6, 6.07) is 0. The molecule has 0 amide bonds. The van der Waals surface area contributed by atoms with Crippen LogP contribution >= 0.6 is 0 Å². The predicted molar refractivity (Wildman–Crippen MR) is 27.3 cm³/mol. The fraction of sp³-hybridized carbons (Fsp3) is 1.00. The molecule has 0 fully saturated rings. The highest BCUT2D eigenvalue weighted by molar-refractivity contribution is 4.20. The van der Waals surface area contributed by atoms with E-state index in [-0.39, 0.29) is 6.10 Å². The normalized spacial score (nSPS) is 6.86. The Labute approximate surface area is 42.3 Å². The maximum atomic E-state index is 8.33. The van der Waals surface area contributed by atoms with Crippen LogP contribution in [0.1, 0.15) is 13.8 Å². The quantitative estimate of drug-likeness (QED) is 0.259. The fourth-order valence-electron chi connectivity index (χ4n) is 0. The van der Waals surface area contributed by atoms with Crippen LogP contribution in [0.25, 0.3) is 0 Å². The lowest BCUT2D eigenvalue weighted by molar-refractivity contribution is 0.216. The Hall–Kier alpha value is -0.640. The summed E-state index contributed by atoms with van der Waals surface area (Å²) in [7, 11) is 0. The van der Waals surface area contributed by atoms with Crippen LogP contribution in [0.15, 0.2) is 5.29 Å². The first-order valence-electron chi connectivity index (χ1n) is 1.85. The van der Waals surface area contributed by atoms with Crippen molar-refractivity contribution in [2.75, 3.05) is 0 Å². The molecule has 0 aliphatic rings. The van der Waals surface area contributed by atoms with E-state index < -0.39 is 0 Å². The third kappa shape index (κ3) is 148. The largest absolute Gasteiger partial charge is 0.394 e. The smallest absolute Gasteiger partial charge is 0.0483 e. The highest BCUT2D eigenvalue weighted by Gasteiger charge is 1.69. The van der Waals surface area contributed by atoms with Crippen LogP contribution in [-0.4, -0.2) is 11.2 Å². The third-order valence-corrected chi connectivity index (χ3v) is 0. The molecule has 0 radical (unpaired) electrons. The molecule has 0 saturated heterocycles. The van der Waals surface area contributed by atoms with Gasteiger partial charge < -0.3 is 5.11 Å². The van der Waals surface area contributed by atoms with E-state index in [0.29, 0.717) is 0 Å². The van der Waals surface area contributed by atoms with Crippen molar-refractivity contribution in [2.24, 2.45) is 11.1 Å². The average Bonchev–Trinajstić information content (AvgIpc) is 1.33. The monoisotopic (exact) mass is 106 g/mol. The lowest BCUT2D eigenvalue weighted by atomic mass is 10.5. The van der Waals surface area contributed by atoms with Gasteiger partial charge in [-0.1, -0.05) is 0 Å². The van der Waals surface area contributed by atoms with Gasteiger partial charge in [0.05, 0.1) is 0 Å². The zero-order valence-electron chi connectivity index (χ0n) is 4.46. The number of nitrogens with zero attached hydrogens (tertiary/aromatic N) is 1. The van der Waals surface area contributed by atoms with Crippen molar-refractivity contribution in [1.82, 2.24) is 0 Å². The van der Waals surface area contributed by atoms with Gasteiger partial charge in [-0.15, -0.1) is 4.91 Å². The second-order valence-corrected chi connectivity index (χ2v) is 1.20. The molecule has 4 nitrogen and oxygen atoms in total. The Morgan fingerprint density at radius 2 is 1.71 bits per heavy atom. The minimum absolute atomic E-state index is 0.167. The van der Waals surface area contributed by atoms with Crippen molar-refractivity contribution >= 4 is 0 Å². The van der Waals surface area contributed by atoms with Gasteiger partial charge in [0.1, 0.15) is 0 Å². The van der Waals surface area contributed by atoms with Gasteiger partial charge in [0.25, 0.3) is 0 Å². The van der Waals surface area contributed by atoms with E-state index in [1.807, 2.05) is 0 Å². The number of nitrogens with two attached hydrogens (primary N) is 1. The van der Waals surface area contributed by atoms with Gasteiger partial charge in [-0.2, -0.15) is 0 Å². The fourth-order valence-corrected chi connectivity index (χ4v) is 0. The average molecular weight is 106 g/mol. The molecule has 0 aromatic rings. The summed E-state index contributed by atoms with van der Waals surface area (Å²) in [5.41, 5.74) is 0. The number of hydrogen-bond acceptors (Lipinski definition) is 3. The standard InChI is InChI=1S/C3H8O.H2N2O/c1-3(2)4;1-2-3/h3-4H,1-2H3;(H2,1,3). The van der Waals surface area contributed by atoms with E-state index >= 15 is 0 Å². The Bertz CT molecular complexity index is 35.2. The first kappa shape index (κ1) is 9.61. The molecule has 0 saturated carbocycles. The van der Waals surface area contributed by atoms with Crippen LogP contribution < -0.4 is 5.84 Å². The summed E-state index contributed by atoms with van der Waals surface area (Å²) >= 11 is 0. The summed E-state index contributed by atoms with van der Waals surface area (Å²) in [5.74, 6) is 3.92. The lowest BCUT2D eigenvalue weighted by Gasteiger charge is -1.80. The molecule has 4 heteroatoms. The van der Waals surface area contributed by atoms with Gasteiger partial charge in [-0.05, 0) is 13.8 Å². The molecule has 0 bridgehead atoms. The number of aliphatic hydroxyl groups excluding tert-OH is 1. The molecule has 7 heavy (non-hydrogen) atoms. The number of aliphatic hydroxyl groups is 1. The van der Waals surface area contributed by atoms with E-state index in [1.54, 1.807) is 19.1 Å². The first-order chi connectivity index (χ1) is 3.15. The van der Waals surface area contributed by atoms with E-state index in [1.165, 1.54) is 0 Å². The van der Waals surface area contributed by atoms with E-state index in [9.17, 15) is 0 Å². The van der Waals surface area contributed by atoms with E-state index in [2.05, 4.69) is 5.84 Å². The van der Waals surface area contributed by atoms with Gasteiger partial charge in [0, 0.05) is 11.4 Å². The molecular weight excluding hydrogens is 96.0 g/mol. The lowest BCUT2D eigenvalue weighted by Crippen LogP contribution is -1.85. The molecule has 44 valence electrons. The Morgan fingerprint density at radius 1 is 1.71 bits per heavy atom. The number of hydrogen-bond donors (Lipinski definition) is 2. The minimum atomic E-state index is -0.167. The molecule has 0 aromatic heterocycles. The topological polar surface area (TPSA) is 75.7 Å². The minimum Gasteiger partial charge on any atom is -0.394 e. The van der Waals surface area contributed by atoms with Gasteiger partial charge in [0.15, 0.2) is 0 Å². The van der Waals surface area contributed by atoms with Gasteiger partial charge in [-0.25, -0.2) is 0 Å². The second kappa shape index (κ2) is 9.03. The summed E-state index contributed by atoms with van der Waals surface area (Å²) in [4.78, 5) is 8.33. The molecule has 0 spiro atoms. The predicted octanol–water partition coefficient (Wildman–Crippen LogP) is 0.0136. The zero-order valence-corrected chi connectivity index (χ0v) is 4.46. The van der Waals surface area contributed by atoms with Crippen molar-refractivity contribution in [3.8, 4) is 0 Å². The summed E-state index contributed by atoms with van der Waals surface area (Å²) < 4.78 is 0. The Balaban J connectivity index is 0. The Morgan fingerprint density at radius 3 is 1.71 bits per heavy atom. The highest BCUT2D eigenvalue weighted by Crippen LogP contribution is 1.65. The molecule has 0 rings (SSSR count). The molecule has 0 aliphatic carbocycles. The summed E-state index contributed by atoms with van der Waals surface area (Å²) in [6.45, 7) is 3.44. The van der Waals surface area contributed by atoms with Crippen LogP contribution in [0, 0.1) is 4.91 Å². The van der Waals surface area contributed by atoms with Crippen LogP contribution in [0.5, 0.6) is 0 Å². The molecule has 3 N–H and O–H groups in total. The number of nitroso groups, excluding NO2 is 1. The van der Waals surface area contributed by atoms with Crippen molar-refractivity contribution in [3.05, 3.63) is 4.91 Å². The second-order valence-electron chi connectivity index (χ2n) is 1.20. The number of rotatable bonds is 0. The maximum absolute atomic E-state index is 8.33. The first-order valence-corrected chi connectivity index (χ1v) is 1.85. The van der Waals surface area contributed by atoms with Crippen molar-refractivity contribution in [3.63, 3.8) is 0 Å².